The molecule has 2 atom stereocenters. The maximum Gasteiger partial charge on any atom is 0.128 e. The molecular weight excluding hydrogens is 121 g/mol. The number of amidine groups is 1. The van der Waals surface area contributed by atoms with Crippen molar-refractivity contribution in [2.75, 3.05) is 0 Å². The highest BCUT2D eigenvalue weighted by Gasteiger charge is 2.54. The molecule has 1 aliphatic carbocycles. The maximum atomic E-state index is 12.4. The Morgan fingerprint density at radius 3 is 2.44 bits per heavy atom. The summed E-state index contributed by atoms with van der Waals surface area (Å²) in [4.78, 5) is 0. The highest BCUT2D eigenvalue weighted by molar-refractivity contribution is 5.89. The van der Waals surface area contributed by atoms with E-state index in [2.05, 4.69) is 5.10 Å². The van der Waals surface area contributed by atoms with Gasteiger partial charge in [0.15, 0.2) is 0 Å². The summed E-state index contributed by atoms with van der Waals surface area (Å²) in [5.41, 5.74) is 4.74. The van der Waals surface area contributed by atoms with E-state index in [0.29, 0.717) is 6.42 Å². The molecule has 0 heterocycles. The highest BCUT2D eigenvalue weighted by atomic mass is 19.1. The number of alkyl halides is 1. The van der Waals surface area contributed by atoms with Gasteiger partial charge in [-0.25, -0.2) is 4.39 Å². The van der Waals surface area contributed by atoms with Crippen LogP contribution >= 0.6 is 0 Å². The quantitative estimate of drug-likeness (QED) is 0.227. The SMILES string of the molecule is CC1(/C(N)=N/N)CC1F. The standard InChI is InChI=1S/C5H10FN3/c1-5(2-3(5)6)4(7)9-8/h3H,2,8H2,1H3,(H2,7,9). The van der Waals surface area contributed by atoms with Gasteiger partial charge in [-0.2, -0.15) is 5.10 Å². The molecule has 52 valence electrons. The third-order valence-electron chi connectivity index (χ3n) is 1.86. The van der Waals surface area contributed by atoms with Gasteiger partial charge >= 0.3 is 0 Å². The number of halogens is 1. The predicted octanol–water partition coefficient (Wildman–Crippen LogP) is -0.0346. The van der Waals surface area contributed by atoms with Crippen LogP contribution in [-0.4, -0.2) is 12.0 Å². The molecule has 1 fully saturated rings. The first kappa shape index (κ1) is 6.32. The first-order chi connectivity index (χ1) is 4.11. The van der Waals surface area contributed by atoms with Crippen LogP contribution in [0.3, 0.4) is 0 Å². The Labute approximate surface area is 52.9 Å². The van der Waals surface area contributed by atoms with Crippen LogP contribution in [0, 0.1) is 5.41 Å². The highest BCUT2D eigenvalue weighted by Crippen LogP contribution is 2.47. The van der Waals surface area contributed by atoms with E-state index in [9.17, 15) is 4.39 Å². The van der Waals surface area contributed by atoms with E-state index in [4.69, 9.17) is 11.6 Å². The molecule has 0 aromatic heterocycles. The molecule has 4 N–H and O–H groups in total. The third kappa shape index (κ3) is 0.742. The van der Waals surface area contributed by atoms with Crippen molar-refractivity contribution in [3.8, 4) is 0 Å². The number of nitrogens with two attached hydrogens (primary N) is 2. The second kappa shape index (κ2) is 1.59. The number of hydrogen-bond acceptors (Lipinski definition) is 2. The second-order valence-corrected chi connectivity index (χ2v) is 2.60. The lowest BCUT2D eigenvalue weighted by Gasteiger charge is -2.03. The number of hydrazone groups is 1. The van der Waals surface area contributed by atoms with Gasteiger partial charge < -0.3 is 11.6 Å². The molecule has 0 saturated heterocycles. The monoisotopic (exact) mass is 131 g/mol. The number of nitrogens with zero attached hydrogens (tertiary/aromatic N) is 1. The van der Waals surface area contributed by atoms with Crippen molar-refractivity contribution in [3.05, 3.63) is 0 Å². The van der Waals surface area contributed by atoms with E-state index < -0.39 is 11.6 Å². The van der Waals surface area contributed by atoms with Crippen LogP contribution in [0.5, 0.6) is 0 Å². The fraction of sp³-hybridized carbons (Fsp3) is 0.800. The topological polar surface area (TPSA) is 64.4 Å². The van der Waals surface area contributed by atoms with E-state index >= 15 is 0 Å². The fourth-order valence-electron chi connectivity index (χ4n) is 0.726. The molecule has 0 aliphatic heterocycles. The Morgan fingerprint density at radius 2 is 2.33 bits per heavy atom. The van der Waals surface area contributed by atoms with Crippen molar-refractivity contribution in [1.29, 1.82) is 0 Å². The zero-order valence-corrected chi connectivity index (χ0v) is 5.26. The van der Waals surface area contributed by atoms with Crippen molar-refractivity contribution in [2.24, 2.45) is 22.1 Å². The maximum absolute atomic E-state index is 12.4. The molecule has 0 aromatic carbocycles. The van der Waals surface area contributed by atoms with Crippen LogP contribution in [0.2, 0.25) is 0 Å². The Balaban J connectivity index is 2.64. The predicted molar refractivity (Wildman–Crippen MR) is 33.4 cm³/mol. The molecule has 1 rings (SSSR count). The zero-order chi connectivity index (χ0) is 7.07. The zero-order valence-electron chi connectivity index (χ0n) is 5.26. The van der Waals surface area contributed by atoms with Crippen molar-refractivity contribution < 1.29 is 4.39 Å². The van der Waals surface area contributed by atoms with Gasteiger partial charge in [0.1, 0.15) is 12.0 Å². The van der Waals surface area contributed by atoms with Gasteiger partial charge in [0.2, 0.25) is 0 Å². The summed E-state index contributed by atoms with van der Waals surface area (Å²) in [6.45, 7) is 1.71. The van der Waals surface area contributed by atoms with Crippen LogP contribution in [0.25, 0.3) is 0 Å². The lowest BCUT2D eigenvalue weighted by Crippen LogP contribution is -2.26. The lowest BCUT2D eigenvalue weighted by atomic mass is 10.1. The molecule has 2 unspecified atom stereocenters. The molecule has 0 amide bonds. The summed E-state index contributed by atoms with van der Waals surface area (Å²) in [5, 5.41) is 3.23. The summed E-state index contributed by atoms with van der Waals surface area (Å²) in [7, 11) is 0. The van der Waals surface area contributed by atoms with Crippen LogP contribution in [0.4, 0.5) is 4.39 Å². The molecule has 0 bridgehead atoms. The van der Waals surface area contributed by atoms with Crippen LogP contribution in [0.1, 0.15) is 13.3 Å². The minimum Gasteiger partial charge on any atom is -0.385 e. The van der Waals surface area contributed by atoms with Crippen LogP contribution in [0.15, 0.2) is 5.10 Å². The Hall–Kier alpha value is -0.800. The summed E-state index contributed by atoms with van der Waals surface area (Å²) < 4.78 is 12.4. The van der Waals surface area contributed by atoms with E-state index in [1.807, 2.05) is 0 Å². The number of hydrogen-bond donors (Lipinski definition) is 2. The molecule has 3 nitrogen and oxygen atoms in total. The van der Waals surface area contributed by atoms with Gasteiger partial charge in [0, 0.05) is 0 Å². The molecule has 4 heteroatoms. The minimum absolute atomic E-state index is 0.218. The molecule has 9 heavy (non-hydrogen) atoms. The van der Waals surface area contributed by atoms with Gasteiger partial charge in [0.25, 0.3) is 0 Å². The van der Waals surface area contributed by atoms with Crippen LogP contribution in [-0.2, 0) is 0 Å². The molecule has 1 saturated carbocycles. The van der Waals surface area contributed by atoms with E-state index in [1.165, 1.54) is 0 Å². The normalized spacial score (nSPS) is 42.9. The van der Waals surface area contributed by atoms with Gasteiger partial charge in [-0.1, -0.05) is 0 Å². The fourth-order valence-corrected chi connectivity index (χ4v) is 0.726. The summed E-state index contributed by atoms with van der Waals surface area (Å²) in [6.07, 6.45) is -0.385. The van der Waals surface area contributed by atoms with Crippen molar-refractivity contribution in [3.63, 3.8) is 0 Å². The summed E-state index contributed by atoms with van der Waals surface area (Å²) >= 11 is 0. The molecule has 1 aliphatic rings. The van der Waals surface area contributed by atoms with Crippen molar-refractivity contribution in [2.45, 2.75) is 19.5 Å². The first-order valence-corrected chi connectivity index (χ1v) is 2.79. The Kier molecular flexibility index (Phi) is 1.12. The second-order valence-electron chi connectivity index (χ2n) is 2.60. The van der Waals surface area contributed by atoms with Gasteiger partial charge in [-0.15, -0.1) is 0 Å². The molecule has 0 aromatic rings. The van der Waals surface area contributed by atoms with Gasteiger partial charge in [0.05, 0.1) is 5.41 Å². The Bertz CT molecular complexity index is 156. The average molecular weight is 131 g/mol. The lowest BCUT2D eigenvalue weighted by molar-refractivity contribution is 0.429. The Morgan fingerprint density at radius 1 is 1.89 bits per heavy atom. The van der Waals surface area contributed by atoms with E-state index in [0.717, 1.165) is 0 Å². The van der Waals surface area contributed by atoms with E-state index in [1.54, 1.807) is 6.92 Å². The molecule has 0 spiro atoms. The largest absolute Gasteiger partial charge is 0.385 e. The van der Waals surface area contributed by atoms with Gasteiger partial charge in [-0.05, 0) is 13.3 Å². The van der Waals surface area contributed by atoms with Crippen LogP contribution < -0.4 is 11.6 Å². The number of rotatable bonds is 1. The third-order valence-corrected chi connectivity index (χ3v) is 1.86. The van der Waals surface area contributed by atoms with E-state index in [-0.39, 0.29) is 5.84 Å². The van der Waals surface area contributed by atoms with Crippen molar-refractivity contribution >= 4 is 5.84 Å². The molecular formula is C5H10FN3. The van der Waals surface area contributed by atoms with Gasteiger partial charge in [-0.3, -0.25) is 0 Å². The molecule has 0 radical (unpaired) electrons. The summed E-state index contributed by atoms with van der Waals surface area (Å²) in [6, 6.07) is 0. The van der Waals surface area contributed by atoms with Crippen molar-refractivity contribution in [1.82, 2.24) is 0 Å². The first-order valence-electron chi connectivity index (χ1n) is 2.79. The summed E-state index contributed by atoms with van der Waals surface area (Å²) in [5.74, 6) is 5.07. The average Bonchev–Trinajstić information content (AvgIpc) is 2.41. The smallest absolute Gasteiger partial charge is 0.128 e. The minimum atomic E-state index is -0.843.